The molecule has 116 valence electrons. The minimum atomic E-state index is -1.25. The summed E-state index contributed by atoms with van der Waals surface area (Å²) in [6.45, 7) is 4.01. The first-order valence-corrected chi connectivity index (χ1v) is 6.43. The van der Waals surface area contributed by atoms with Crippen molar-refractivity contribution in [2.24, 2.45) is 0 Å². The number of carboxylic acids is 1. The molecule has 0 aliphatic carbocycles. The molecule has 1 saturated heterocycles. The lowest BCUT2D eigenvalue weighted by Gasteiger charge is -2.34. The number of carbonyl (C=O) groups is 4. The van der Waals surface area contributed by atoms with Gasteiger partial charge in [0.15, 0.2) is 6.61 Å². The van der Waals surface area contributed by atoms with E-state index in [1.165, 1.54) is 18.7 Å². The molecule has 21 heavy (non-hydrogen) atoms. The van der Waals surface area contributed by atoms with E-state index in [9.17, 15) is 19.2 Å². The molecule has 1 N–H and O–H groups in total. The van der Waals surface area contributed by atoms with Crippen LogP contribution in [0, 0.1) is 0 Å². The molecular weight excluding hydrogens is 280 g/mol. The lowest BCUT2D eigenvalue weighted by molar-refractivity contribution is -0.150. The van der Waals surface area contributed by atoms with Crippen LogP contribution in [0.2, 0.25) is 0 Å². The summed E-state index contributed by atoms with van der Waals surface area (Å²) in [6, 6.07) is 0. The Kier molecular flexibility index (Phi) is 5.89. The van der Waals surface area contributed by atoms with E-state index in [2.05, 4.69) is 0 Å². The van der Waals surface area contributed by atoms with E-state index >= 15 is 0 Å². The standard InChI is InChI=1S/C13H18N2O6/c1-9(7-12(18)19)13(20)21-8-11(17)15-5-3-14(4-6-15)10(2)16/h7H,3-6,8H2,1-2H3,(H,18,19)/b9-7+. The van der Waals surface area contributed by atoms with Crippen LogP contribution in [0.1, 0.15) is 13.8 Å². The van der Waals surface area contributed by atoms with Gasteiger partial charge in [0.25, 0.3) is 5.91 Å². The van der Waals surface area contributed by atoms with Gasteiger partial charge in [0, 0.05) is 44.8 Å². The van der Waals surface area contributed by atoms with Gasteiger partial charge in [0.2, 0.25) is 5.91 Å². The molecule has 0 spiro atoms. The molecule has 8 heteroatoms. The first-order valence-electron chi connectivity index (χ1n) is 6.43. The molecule has 0 radical (unpaired) electrons. The van der Waals surface area contributed by atoms with E-state index in [0.717, 1.165) is 6.08 Å². The molecule has 1 aliphatic heterocycles. The summed E-state index contributed by atoms with van der Waals surface area (Å²) in [7, 11) is 0. The number of hydrogen-bond acceptors (Lipinski definition) is 5. The zero-order chi connectivity index (χ0) is 16.0. The molecule has 0 atom stereocenters. The molecule has 0 aromatic rings. The molecule has 1 rings (SSSR count). The fraction of sp³-hybridized carbons (Fsp3) is 0.538. The van der Waals surface area contributed by atoms with Gasteiger partial charge in [0.1, 0.15) is 0 Å². The maximum atomic E-state index is 11.8. The second kappa shape index (κ2) is 7.41. The normalized spacial score (nSPS) is 15.6. The van der Waals surface area contributed by atoms with Crippen molar-refractivity contribution in [3.63, 3.8) is 0 Å². The summed E-state index contributed by atoms with van der Waals surface area (Å²) in [6.07, 6.45) is 0.721. The van der Waals surface area contributed by atoms with Crippen LogP contribution < -0.4 is 0 Å². The highest BCUT2D eigenvalue weighted by atomic mass is 16.5. The van der Waals surface area contributed by atoms with Crippen LogP contribution in [0.4, 0.5) is 0 Å². The number of amides is 2. The Morgan fingerprint density at radius 2 is 1.57 bits per heavy atom. The first kappa shape index (κ1) is 16.7. The Labute approximate surface area is 121 Å². The lowest BCUT2D eigenvalue weighted by atomic mass is 10.3. The fourth-order valence-corrected chi connectivity index (χ4v) is 1.85. The maximum Gasteiger partial charge on any atom is 0.334 e. The van der Waals surface area contributed by atoms with Gasteiger partial charge in [-0.2, -0.15) is 0 Å². The van der Waals surface area contributed by atoms with E-state index < -0.39 is 18.5 Å². The fourth-order valence-electron chi connectivity index (χ4n) is 1.85. The maximum absolute atomic E-state index is 11.8. The molecule has 0 unspecified atom stereocenters. The topological polar surface area (TPSA) is 104 Å². The Hall–Kier alpha value is -2.38. The number of ether oxygens (including phenoxy) is 1. The summed E-state index contributed by atoms with van der Waals surface area (Å²) in [5.41, 5.74) is -0.0864. The molecule has 8 nitrogen and oxygen atoms in total. The predicted molar refractivity (Wildman–Crippen MR) is 71.2 cm³/mol. The summed E-state index contributed by atoms with van der Waals surface area (Å²) < 4.78 is 4.75. The number of aliphatic carboxylic acids is 1. The molecule has 0 aromatic heterocycles. The second-order valence-corrected chi connectivity index (χ2v) is 4.63. The van der Waals surface area contributed by atoms with Gasteiger partial charge in [-0.3, -0.25) is 9.59 Å². The SMILES string of the molecule is CC(=O)N1CCN(C(=O)COC(=O)/C(C)=C/C(=O)O)CC1. The highest BCUT2D eigenvalue weighted by molar-refractivity contribution is 5.96. The van der Waals surface area contributed by atoms with E-state index in [1.54, 1.807) is 4.90 Å². The largest absolute Gasteiger partial charge is 0.478 e. The number of piperazine rings is 1. The molecule has 2 amide bonds. The van der Waals surface area contributed by atoms with E-state index in [-0.39, 0.29) is 17.4 Å². The van der Waals surface area contributed by atoms with Crippen LogP contribution in [0.3, 0.4) is 0 Å². The van der Waals surface area contributed by atoms with Gasteiger partial charge < -0.3 is 19.6 Å². The number of carboxylic acid groups (broad SMARTS) is 1. The zero-order valence-corrected chi connectivity index (χ0v) is 12.0. The molecule has 1 heterocycles. The number of carbonyl (C=O) groups excluding carboxylic acids is 3. The number of rotatable bonds is 4. The van der Waals surface area contributed by atoms with E-state index in [4.69, 9.17) is 9.84 Å². The van der Waals surface area contributed by atoms with Crippen LogP contribution in [0.15, 0.2) is 11.6 Å². The first-order chi connectivity index (χ1) is 9.81. The number of hydrogen-bond donors (Lipinski definition) is 1. The Morgan fingerprint density at radius 3 is 2.05 bits per heavy atom. The molecule has 0 aromatic carbocycles. The van der Waals surface area contributed by atoms with Gasteiger partial charge in [-0.25, -0.2) is 9.59 Å². The van der Waals surface area contributed by atoms with Crippen molar-refractivity contribution in [3.05, 3.63) is 11.6 Å². The van der Waals surface area contributed by atoms with Gasteiger partial charge in [-0.1, -0.05) is 0 Å². The third kappa shape index (κ3) is 5.25. The van der Waals surface area contributed by atoms with E-state index in [0.29, 0.717) is 26.2 Å². The minimum absolute atomic E-state index is 0.0389. The molecule has 1 aliphatic rings. The van der Waals surface area contributed by atoms with Crippen molar-refractivity contribution in [1.29, 1.82) is 0 Å². The van der Waals surface area contributed by atoms with Crippen LogP contribution in [0.5, 0.6) is 0 Å². The van der Waals surface area contributed by atoms with Crippen molar-refractivity contribution in [1.82, 2.24) is 9.80 Å². The Morgan fingerprint density at radius 1 is 1.05 bits per heavy atom. The van der Waals surface area contributed by atoms with Crippen molar-refractivity contribution in [2.75, 3.05) is 32.8 Å². The van der Waals surface area contributed by atoms with E-state index in [1.807, 2.05) is 0 Å². The summed E-state index contributed by atoms with van der Waals surface area (Å²) in [5.74, 6) is -2.50. The van der Waals surface area contributed by atoms with Gasteiger partial charge >= 0.3 is 11.9 Å². The summed E-state index contributed by atoms with van der Waals surface area (Å²) in [4.78, 5) is 47.9. The molecule has 1 fully saturated rings. The Balaban J connectivity index is 2.40. The summed E-state index contributed by atoms with van der Waals surface area (Å²) in [5, 5.41) is 8.49. The number of esters is 1. The molecule has 0 bridgehead atoms. The lowest BCUT2D eigenvalue weighted by Crippen LogP contribution is -2.51. The zero-order valence-electron chi connectivity index (χ0n) is 12.0. The van der Waals surface area contributed by atoms with Crippen molar-refractivity contribution < 1.29 is 29.0 Å². The van der Waals surface area contributed by atoms with Gasteiger partial charge in [-0.15, -0.1) is 0 Å². The van der Waals surface area contributed by atoms with Crippen molar-refractivity contribution in [3.8, 4) is 0 Å². The average molecular weight is 298 g/mol. The van der Waals surface area contributed by atoms with Crippen LogP contribution in [0.25, 0.3) is 0 Å². The van der Waals surface area contributed by atoms with Gasteiger partial charge in [0.05, 0.1) is 0 Å². The van der Waals surface area contributed by atoms with Crippen LogP contribution >= 0.6 is 0 Å². The highest BCUT2D eigenvalue weighted by Crippen LogP contribution is 2.04. The quantitative estimate of drug-likeness (QED) is 0.541. The highest BCUT2D eigenvalue weighted by Gasteiger charge is 2.23. The second-order valence-electron chi connectivity index (χ2n) is 4.63. The van der Waals surface area contributed by atoms with Crippen molar-refractivity contribution >= 4 is 23.8 Å². The van der Waals surface area contributed by atoms with Crippen molar-refractivity contribution in [2.45, 2.75) is 13.8 Å². The minimum Gasteiger partial charge on any atom is -0.478 e. The third-order valence-electron chi connectivity index (χ3n) is 3.07. The summed E-state index contributed by atoms with van der Waals surface area (Å²) >= 11 is 0. The van der Waals surface area contributed by atoms with Gasteiger partial charge in [-0.05, 0) is 6.92 Å². The molecular formula is C13H18N2O6. The molecule has 0 saturated carbocycles. The van der Waals surface area contributed by atoms with Crippen LogP contribution in [-0.2, 0) is 23.9 Å². The predicted octanol–water partition coefficient (Wildman–Crippen LogP) is -0.749. The average Bonchev–Trinajstić information content (AvgIpc) is 2.43. The third-order valence-corrected chi connectivity index (χ3v) is 3.07. The number of nitrogens with zero attached hydrogens (tertiary/aromatic N) is 2. The monoisotopic (exact) mass is 298 g/mol. The van der Waals surface area contributed by atoms with Crippen LogP contribution in [-0.4, -0.2) is 71.4 Å². The smallest absolute Gasteiger partial charge is 0.334 e. The Bertz CT molecular complexity index is 477.